The molecule has 1 amide bonds. The number of carbonyl (C=O) groups is 2. The SMILES string of the molecule is CCC(C)(NC(=O)c1cncc(F)c1)C(=O)O. The number of aliphatic carboxylic acids is 1. The Labute approximate surface area is 97.7 Å². The molecule has 0 bridgehead atoms. The van der Waals surface area contributed by atoms with Crippen molar-refractivity contribution in [1.29, 1.82) is 0 Å². The van der Waals surface area contributed by atoms with Gasteiger partial charge in [-0.15, -0.1) is 0 Å². The normalized spacial score (nSPS) is 13.8. The number of nitrogens with zero attached hydrogens (tertiary/aromatic N) is 1. The topological polar surface area (TPSA) is 79.3 Å². The van der Waals surface area contributed by atoms with Crippen LogP contribution in [0.2, 0.25) is 0 Å². The number of halogens is 1. The van der Waals surface area contributed by atoms with Crippen LogP contribution in [-0.2, 0) is 4.79 Å². The Balaban J connectivity index is 2.89. The summed E-state index contributed by atoms with van der Waals surface area (Å²) in [6.45, 7) is 3.03. The summed E-state index contributed by atoms with van der Waals surface area (Å²) in [4.78, 5) is 26.2. The zero-order chi connectivity index (χ0) is 13.1. The van der Waals surface area contributed by atoms with E-state index in [2.05, 4.69) is 10.3 Å². The highest BCUT2D eigenvalue weighted by molar-refractivity contribution is 5.97. The molecular formula is C11H13FN2O3. The van der Waals surface area contributed by atoms with Gasteiger partial charge in [0.25, 0.3) is 5.91 Å². The van der Waals surface area contributed by atoms with E-state index in [4.69, 9.17) is 5.11 Å². The number of carboxylic acid groups (broad SMARTS) is 1. The summed E-state index contributed by atoms with van der Waals surface area (Å²) in [6, 6.07) is 1.00. The van der Waals surface area contributed by atoms with Crippen molar-refractivity contribution in [3.05, 3.63) is 29.8 Å². The predicted molar refractivity (Wildman–Crippen MR) is 58.0 cm³/mol. The second-order valence-corrected chi connectivity index (χ2v) is 3.84. The van der Waals surface area contributed by atoms with Crippen molar-refractivity contribution in [2.24, 2.45) is 0 Å². The standard InChI is InChI=1S/C11H13FN2O3/c1-3-11(2,10(16)17)14-9(15)7-4-8(12)6-13-5-7/h4-6H,3H2,1-2H3,(H,14,15)(H,16,17). The summed E-state index contributed by atoms with van der Waals surface area (Å²) >= 11 is 0. The third-order valence-corrected chi connectivity index (χ3v) is 2.54. The average Bonchev–Trinajstić information content (AvgIpc) is 2.28. The molecule has 0 spiro atoms. The molecular weight excluding hydrogens is 227 g/mol. The van der Waals surface area contributed by atoms with Gasteiger partial charge in [0.15, 0.2) is 0 Å². The van der Waals surface area contributed by atoms with E-state index >= 15 is 0 Å². The monoisotopic (exact) mass is 240 g/mol. The lowest BCUT2D eigenvalue weighted by Crippen LogP contribution is -2.51. The Morgan fingerprint density at radius 3 is 2.65 bits per heavy atom. The van der Waals surface area contributed by atoms with Gasteiger partial charge in [0.05, 0.1) is 11.8 Å². The Hall–Kier alpha value is -1.98. The van der Waals surface area contributed by atoms with Crippen LogP contribution >= 0.6 is 0 Å². The summed E-state index contributed by atoms with van der Waals surface area (Å²) < 4.78 is 12.8. The molecule has 0 aromatic carbocycles. The first-order valence-corrected chi connectivity index (χ1v) is 5.05. The lowest BCUT2D eigenvalue weighted by molar-refractivity contribution is -0.143. The zero-order valence-electron chi connectivity index (χ0n) is 9.53. The average molecular weight is 240 g/mol. The molecule has 0 aliphatic carbocycles. The van der Waals surface area contributed by atoms with Gasteiger partial charge in [0, 0.05) is 6.20 Å². The molecule has 1 heterocycles. The number of carboxylic acids is 1. The van der Waals surface area contributed by atoms with Gasteiger partial charge in [0.1, 0.15) is 11.4 Å². The van der Waals surface area contributed by atoms with Crippen molar-refractivity contribution >= 4 is 11.9 Å². The highest BCUT2D eigenvalue weighted by atomic mass is 19.1. The quantitative estimate of drug-likeness (QED) is 0.828. The van der Waals surface area contributed by atoms with Gasteiger partial charge in [-0.1, -0.05) is 6.92 Å². The molecule has 0 aliphatic heterocycles. The number of pyridine rings is 1. The minimum Gasteiger partial charge on any atom is -0.480 e. The van der Waals surface area contributed by atoms with Crippen LogP contribution < -0.4 is 5.32 Å². The first kappa shape index (κ1) is 13.1. The van der Waals surface area contributed by atoms with Gasteiger partial charge in [-0.3, -0.25) is 9.78 Å². The van der Waals surface area contributed by atoms with E-state index in [1.54, 1.807) is 6.92 Å². The molecule has 0 saturated heterocycles. The number of nitrogens with one attached hydrogen (secondary N) is 1. The Morgan fingerprint density at radius 2 is 2.18 bits per heavy atom. The van der Waals surface area contributed by atoms with E-state index in [1.165, 1.54) is 13.1 Å². The fraction of sp³-hybridized carbons (Fsp3) is 0.364. The molecule has 0 radical (unpaired) electrons. The van der Waals surface area contributed by atoms with Crippen molar-refractivity contribution in [2.45, 2.75) is 25.8 Å². The number of carbonyl (C=O) groups excluding carboxylic acids is 1. The van der Waals surface area contributed by atoms with Gasteiger partial charge < -0.3 is 10.4 Å². The highest BCUT2D eigenvalue weighted by Crippen LogP contribution is 2.11. The van der Waals surface area contributed by atoms with Crippen LogP contribution in [0.15, 0.2) is 18.5 Å². The third-order valence-electron chi connectivity index (χ3n) is 2.54. The molecule has 5 nitrogen and oxygen atoms in total. The van der Waals surface area contributed by atoms with Crippen LogP contribution in [0.3, 0.4) is 0 Å². The number of hydrogen-bond donors (Lipinski definition) is 2. The first-order valence-electron chi connectivity index (χ1n) is 5.05. The smallest absolute Gasteiger partial charge is 0.329 e. The van der Waals surface area contributed by atoms with Gasteiger partial charge in [-0.05, 0) is 19.4 Å². The summed E-state index contributed by atoms with van der Waals surface area (Å²) in [5.74, 6) is -2.45. The molecule has 0 fully saturated rings. The van der Waals surface area contributed by atoms with Crippen LogP contribution in [0, 0.1) is 5.82 Å². The molecule has 17 heavy (non-hydrogen) atoms. The molecule has 1 aromatic heterocycles. The van der Waals surface area contributed by atoms with E-state index in [9.17, 15) is 14.0 Å². The third kappa shape index (κ3) is 2.99. The molecule has 1 rings (SSSR count). The molecule has 92 valence electrons. The molecule has 6 heteroatoms. The number of hydrogen-bond acceptors (Lipinski definition) is 3. The lowest BCUT2D eigenvalue weighted by Gasteiger charge is -2.24. The van der Waals surface area contributed by atoms with Crippen molar-refractivity contribution in [3.63, 3.8) is 0 Å². The second kappa shape index (κ2) is 4.90. The van der Waals surface area contributed by atoms with Gasteiger partial charge in [-0.2, -0.15) is 0 Å². The number of aromatic nitrogens is 1. The molecule has 1 aromatic rings. The minimum atomic E-state index is -1.37. The van der Waals surface area contributed by atoms with Crippen LogP contribution in [0.5, 0.6) is 0 Å². The van der Waals surface area contributed by atoms with Crippen LogP contribution in [0.1, 0.15) is 30.6 Å². The van der Waals surface area contributed by atoms with E-state index in [1.807, 2.05) is 0 Å². The van der Waals surface area contributed by atoms with E-state index < -0.39 is 23.2 Å². The van der Waals surface area contributed by atoms with Gasteiger partial charge in [0.2, 0.25) is 0 Å². The van der Waals surface area contributed by atoms with Gasteiger partial charge in [-0.25, -0.2) is 9.18 Å². The number of rotatable bonds is 4. The summed E-state index contributed by atoms with van der Waals surface area (Å²) in [5, 5.41) is 11.3. The largest absolute Gasteiger partial charge is 0.480 e. The summed E-state index contributed by atoms with van der Waals surface area (Å²) in [6.07, 6.45) is 2.36. The molecule has 2 N–H and O–H groups in total. The maximum atomic E-state index is 12.8. The molecule has 1 unspecified atom stereocenters. The van der Waals surface area contributed by atoms with Crippen LogP contribution in [-0.4, -0.2) is 27.5 Å². The summed E-state index contributed by atoms with van der Waals surface area (Å²) in [5.41, 5.74) is -1.38. The Bertz CT molecular complexity index is 450. The van der Waals surface area contributed by atoms with Gasteiger partial charge >= 0.3 is 5.97 Å². The van der Waals surface area contributed by atoms with E-state index in [-0.39, 0.29) is 12.0 Å². The predicted octanol–water partition coefficient (Wildman–Crippen LogP) is 1.20. The second-order valence-electron chi connectivity index (χ2n) is 3.84. The van der Waals surface area contributed by atoms with Crippen molar-refractivity contribution in [3.8, 4) is 0 Å². The zero-order valence-corrected chi connectivity index (χ0v) is 9.53. The molecule has 1 atom stereocenters. The highest BCUT2D eigenvalue weighted by Gasteiger charge is 2.33. The van der Waals surface area contributed by atoms with Crippen molar-refractivity contribution in [1.82, 2.24) is 10.3 Å². The van der Waals surface area contributed by atoms with Crippen molar-refractivity contribution < 1.29 is 19.1 Å². The maximum absolute atomic E-state index is 12.8. The minimum absolute atomic E-state index is 0.00840. The molecule has 0 saturated carbocycles. The van der Waals surface area contributed by atoms with Crippen molar-refractivity contribution in [2.75, 3.05) is 0 Å². The van der Waals surface area contributed by atoms with Crippen LogP contribution in [0.25, 0.3) is 0 Å². The van der Waals surface area contributed by atoms with E-state index in [0.29, 0.717) is 0 Å². The number of amides is 1. The van der Waals surface area contributed by atoms with E-state index in [0.717, 1.165) is 12.3 Å². The fourth-order valence-corrected chi connectivity index (χ4v) is 1.15. The fourth-order valence-electron chi connectivity index (χ4n) is 1.15. The maximum Gasteiger partial charge on any atom is 0.329 e. The Kier molecular flexibility index (Phi) is 3.77. The Morgan fingerprint density at radius 1 is 1.53 bits per heavy atom. The summed E-state index contributed by atoms with van der Waals surface area (Å²) in [7, 11) is 0. The molecule has 0 aliphatic rings. The van der Waals surface area contributed by atoms with Crippen LogP contribution in [0.4, 0.5) is 4.39 Å². The lowest BCUT2D eigenvalue weighted by atomic mass is 9.99. The first-order chi connectivity index (χ1) is 7.89.